The molecule has 5 rings (SSSR count). The summed E-state index contributed by atoms with van der Waals surface area (Å²) in [6.07, 6.45) is 5.52. The van der Waals surface area contributed by atoms with Crippen LogP contribution in [0, 0.1) is 5.92 Å². The molecule has 1 unspecified atom stereocenters. The summed E-state index contributed by atoms with van der Waals surface area (Å²) in [6.45, 7) is 3.14. The van der Waals surface area contributed by atoms with Crippen LogP contribution in [0.1, 0.15) is 25.3 Å². The fourth-order valence-corrected chi connectivity index (χ4v) is 7.25. The second-order valence-corrected chi connectivity index (χ2v) is 12.7. The quantitative estimate of drug-likeness (QED) is 0.344. The van der Waals surface area contributed by atoms with Crippen molar-refractivity contribution >= 4 is 50.3 Å². The highest BCUT2D eigenvalue weighted by molar-refractivity contribution is 8.26. The summed E-state index contributed by atoms with van der Waals surface area (Å²) in [5.74, 6) is 0.168. The number of piperidine rings is 1. The van der Waals surface area contributed by atoms with Crippen LogP contribution in [-0.2, 0) is 14.8 Å². The van der Waals surface area contributed by atoms with Gasteiger partial charge in [-0.1, -0.05) is 61.2 Å². The topological polar surface area (TPSA) is 75.5 Å². The summed E-state index contributed by atoms with van der Waals surface area (Å²) >= 11 is 6.52. The zero-order valence-electron chi connectivity index (χ0n) is 20.0. The van der Waals surface area contributed by atoms with Gasteiger partial charge < -0.3 is 0 Å². The number of hydrogen-bond acceptors (Lipinski definition) is 6. The van der Waals surface area contributed by atoms with E-state index in [0.717, 1.165) is 18.5 Å². The van der Waals surface area contributed by atoms with Crippen LogP contribution >= 0.6 is 24.0 Å². The number of thiocarbonyl (C=S) groups is 1. The standard InChI is InChI=1S/C26H26N4O3S3/c1-18-8-7-13-29(16-18)36(32,33)22-12-6-9-19(14-22)24-20(15-23-25(31)28(2)26(34)35-23)17-30(27-24)21-10-4-3-5-11-21/h3-6,9-12,14-15,17-18H,7-8,13,16H2,1-2H3. The Kier molecular flexibility index (Phi) is 6.86. The van der Waals surface area contributed by atoms with Gasteiger partial charge in [-0.05, 0) is 49.1 Å². The van der Waals surface area contributed by atoms with Crippen LogP contribution in [0.5, 0.6) is 0 Å². The maximum absolute atomic E-state index is 13.4. The highest BCUT2D eigenvalue weighted by atomic mass is 32.2. The minimum absolute atomic E-state index is 0.168. The molecule has 0 saturated carbocycles. The number of carbonyl (C=O) groups is 1. The summed E-state index contributed by atoms with van der Waals surface area (Å²) in [5.41, 5.74) is 2.81. The van der Waals surface area contributed by atoms with E-state index in [-0.39, 0.29) is 10.8 Å². The normalized spacial score (nSPS) is 20.4. The van der Waals surface area contributed by atoms with Crippen LogP contribution in [0.15, 0.2) is 70.6 Å². The highest BCUT2D eigenvalue weighted by Crippen LogP contribution is 2.35. The van der Waals surface area contributed by atoms with E-state index in [2.05, 4.69) is 6.92 Å². The molecule has 10 heteroatoms. The third-order valence-corrected chi connectivity index (χ3v) is 9.75. The Balaban J connectivity index is 1.59. The largest absolute Gasteiger partial charge is 0.296 e. The van der Waals surface area contributed by atoms with Crippen molar-refractivity contribution in [1.82, 2.24) is 19.0 Å². The lowest BCUT2D eigenvalue weighted by molar-refractivity contribution is -0.121. The highest BCUT2D eigenvalue weighted by Gasteiger charge is 2.31. The number of sulfonamides is 1. The second-order valence-electron chi connectivity index (χ2n) is 9.09. The van der Waals surface area contributed by atoms with E-state index in [1.807, 2.05) is 42.6 Å². The lowest BCUT2D eigenvalue weighted by Crippen LogP contribution is -2.39. The molecule has 1 amide bonds. The summed E-state index contributed by atoms with van der Waals surface area (Å²) in [4.78, 5) is 14.9. The van der Waals surface area contributed by atoms with E-state index in [9.17, 15) is 13.2 Å². The van der Waals surface area contributed by atoms with E-state index < -0.39 is 10.0 Å². The number of carbonyl (C=O) groups excluding carboxylic acids is 1. The van der Waals surface area contributed by atoms with Gasteiger partial charge in [-0.3, -0.25) is 9.69 Å². The van der Waals surface area contributed by atoms with Crippen molar-refractivity contribution < 1.29 is 13.2 Å². The zero-order chi connectivity index (χ0) is 25.4. The van der Waals surface area contributed by atoms with Gasteiger partial charge in [0.05, 0.1) is 15.5 Å². The Hall–Kier alpha value is -2.79. The number of likely N-dealkylation sites (N-methyl/N-ethyl adjacent to an activating group) is 1. The first-order valence-electron chi connectivity index (χ1n) is 11.7. The van der Waals surface area contributed by atoms with Gasteiger partial charge in [0, 0.05) is 37.5 Å². The Bertz CT molecular complexity index is 1460. The molecule has 3 aromatic rings. The number of rotatable bonds is 5. The minimum atomic E-state index is -3.63. The van der Waals surface area contributed by atoms with Gasteiger partial charge in [0.15, 0.2) is 0 Å². The summed E-state index contributed by atoms with van der Waals surface area (Å²) in [6, 6.07) is 16.5. The molecule has 2 fully saturated rings. The number of hydrogen-bond donors (Lipinski definition) is 0. The van der Waals surface area contributed by atoms with Gasteiger partial charge in [0.1, 0.15) is 10.0 Å². The SMILES string of the molecule is CC1CCCN(S(=O)(=O)c2cccc(-c3nn(-c4ccccc4)cc3C=C3SC(=S)N(C)C3=O)c2)C1. The molecule has 3 heterocycles. The molecule has 1 aromatic heterocycles. The van der Waals surface area contributed by atoms with Crippen molar-refractivity contribution in [3.8, 4) is 16.9 Å². The fraction of sp³-hybridized carbons (Fsp3) is 0.269. The molecule has 2 aliphatic rings. The van der Waals surface area contributed by atoms with Crippen molar-refractivity contribution in [2.45, 2.75) is 24.7 Å². The Morgan fingerprint density at radius 1 is 1.14 bits per heavy atom. The molecular formula is C26H26N4O3S3. The van der Waals surface area contributed by atoms with Crippen molar-refractivity contribution in [3.05, 3.63) is 71.3 Å². The van der Waals surface area contributed by atoms with E-state index in [0.29, 0.717) is 45.1 Å². The third kappa shape index (κ3) is 4.78. The molecule has 7 nitrogen and oxygen atoms in total. The Morgan fingerprint density at radius 3 is 2.61 bits per heavy atom. The molecule has 2 aliphatic heterocycles. The van der Waals surface area contributed by atoms with Gasteiger partial charge in [0.25, 0.3) is 5.91 Å². The minimum Gasteiger partial charge on any atom is -0.296 e. The molecule has 36 heavy (non-hydrogen) atoms. The monoisotopic (exact) mass is 538 g/mol. The Labute approximate surface area is 220 Å². The zero-order valence-corrected chi connectivity index (χ0v) is 22.4. The number of para-hydroxylation sites is 1. The third-order valence-electron chi connectivity index (χ3n) is 6.40. The van der Waals surface area contributed by atoms with E-state index in [4.69, 9.17) is 17.3 Å². The van der Waals surface area contributed by atoms with Gasteiger partial charge >= 0.3 is 0 Å². The van der Waals surface area contributed by atoms with Crippen LogP contribution < -0.4 is 0 Å². The van der Waals surface area contributed by atoms with Gasteiger partial charge in [-0.15, -0.1) is 0 Å². The number of benzene rings is 2. The van der Waals surface area contributed by atoms with Gasteiger partial charge in [-0.2, -0.15) is 9.40 Å². The molecule has 0 aliphatic carbocycles. The van der Waals surface area contributed by atoms with Crippen LogP contribution in [-0.4, -0.2) is 57.8 Å². The maximum Gasteiger partial charge on any atom is 0.265 e. The predicted octanol–water partition coefficient (Wildman–Crippen LogP) is 4.79. The molecule has 2 aromatic carbocycles. The van der Waals surface area contributed by atoms with Crippen molar-refractivity contribution in [1.29, 1.82) is 0 Å². The molecule has 0 bridgehead atoms. The average molecular weight is 539 g/mol. The number of nitrogens with zero attached hydrogens (tertiary/aromatic N) is 4. The first-order valence-corrected chi connectivity index (χ1v) is 14.4. The lowest BCUT2D eigenvalue weighted by Gasteiger charge is -2.30. The van der Waals surface area contributed by atoms with Crippen LogP contribution in [0.2, 0.25) is 0 Å². The van der Waals surface area contributed by atoms with E-state index >= 15 is 0 Å². The molecular weight excluding hydrogens is 513 g/mol. The first kappa shape index (κ1) is 24.9. The van der Waals surface area contributed by atoms with Crippen LogP contribution in [0.3, 0.4) is 0 Å². The molecule has 1 atom stereocenters. The van der Waals surface area contributed by atoms with Crippen molar-refractivity contribution in [3.63, 3.8) is 0 Å². The van der Waals surface area contributed by atoms with Crippen molar-refractivity contribution in [2.75, 3.05) is 20.1 Å². The summed E-state index contributed by atoms with van der Waals surface area (Å²) in [7, 11) is -1.97. The van der Waals surface area contributed by atoms with Gasteiger partial charge in [-0.25, -0.2) is 13.1 Å². The molecule has 0 N–H and O–H groups in total. The number of amides is 1. The van der Waals surface area contributed by atoms with Crippen LogP contribution in [0.25, 0.3) is 23.0 Å². The molecule has 0 spiro atoms. The predicted molar refractivity (Wildman–Crippen MR) is 147 cm³/mol. The lowest BCUT2D eigenvalue weighted by atomic mass is 10.0. The van der Waals surface area contributed by atoms with Crippen molar-refractivity contribution in [2.24, 2.45) is 5.92 Å². The van der Waals surface area contributed by atoms with Gasteiger partial charge in [0.2, 0.25) is 10.0 Å². The summed E-state index contributed by atoms with van der Waals surface area (Å²) in [5, 5.41) is 4.80. The molecule has 2 saturated heterocycles. The molecule has 186 valence electrons. The average Bonchev–Trinajstić information content (AvgIpc) is 3.41. The first-order chi connectivity index (χ1) is 17.2. The second kappa shape index (κ2) is 9.93. The van der Waals surface area contributed by atoms with E-state index in [1.54, 1.807) is 40.3 Å². The Morgan fingerprint density at radius 2 is 1.92 bits per heavy atom. The summed E-state index contributed by atoms with van der Waals surface area (Å²) < 4.78 is 30.7. The fourth-order valence-electron chi connectivity index (χ4n) is 4.43. The van der Waals surface area contributed by atoms with Crippen LogP contribution in [0.4, 0.5) is 0 Å². The number of thioether (sulfide) groups is 1. The number of aromatic nitrogens is 2. The molecule has 0 radical (unpaired) electrons. The van der Waals surface area contributed by atoms with E-state index in [1.165, 1.54) is 16.7 Å². The smallest absolute Gasteiger partial charge is 0.265 e. The maximum atomic E-state index is 13.4.